The summed E-state index contributed by atoms with van der Waals surface area (Å²) < 4.78 is 5.49. The summed E-state index contributed by atoms with van der Waals surface area (Å²) in [6.07, 6.45) is 72.6. The fourth-order valence-electron chi connectivity index (χ4n) is 10.6. The Labute approximate surface area is 445 Å². The van der Waals surface area contributed by atoms with Crippen molar-refractivity contribution in [2.75, 3.05) is 13.2 Å². The topological polar surface area (TPSA) is 95.9 Å². The lowest BCUT2D eigenvalue weighted by molar-refractivity contribution is -0.143. The second kappa shape index (κ2) is 61.4. The van der Waals surface area contributed by atoms with E-state index in [1.165, 1.54) is 308 Å². The Morgan fingerprint density at radius 2 is 0.577 bits per heavy atom. The van der Waals surface area contributed by atoms with Crippen LogP contribution in [0.2, 0.25) is 0 Å². The van der Waals surface area contributed by atoms with Gasteiger partial charge in [-0.1, -0.05) is 341 Å². The van der Waals surface area contributed by atoms with Crippen molar-refractivity contribution in [3.63, 3.8) is 0 Å². The first-order valence-electron chi connectivity index (χ1n) is 32.8. The molecule has 71 heavy (non-hydrogen) atoms. The zero-order chi connectivity index (χ0) is 51.4. The van der Waals surface area contributed by atoms with Crippen molar-refractivity contribution in [2.45, 2.75) is 392 Å². The summed E-state index contributed by atoms with van der Waals surface area (Å²) in [6.45, 7) is 4.99. The largest absolute Gasteiger partial charge is 0.466 e. The van der Waals surface area contributed by atoms with Crippen LogP contribution in [-0.2, 0) is 14.3 Å². The molecule has 2 unspecified atom stereocenters. The van der Waals surface area contributed by atoms with Gasteiger partial charge in [0.05, 0.1) is 25.4 Å². The zero-order valence-corrected chi connectivity index (χ0v) is 48.5. The molecule has 0 aliphatic rings. The number of carbonyl (C=O) groups is 2. The molecule has 0 bridgehead atoms. The maximum atomic E-state index is 12.5. The Kier molecular flexibility index (Phi) is 60.4. The van der Waals surface area contributed by atoms with E-state index in [4.69, 9.17) is 4.74 Å². The van der Waals surface area contributed by atoms with Crippen LogP contribution in [0.5, 0.6) is 0 Å². The molecular formula is C65H129NO5. The molecule has 0 aromatic rings. The quantitative estimate of drug-likeness (QED) is 0.0417. The summed E-state index contributed by atoms with van der Waals surface area (Å²) in [4.78, 5) is 24.6. The molecule has 424 valence electrons. The van der Waals surface area contributed by atoms with Gasteiger partial charge < -0.3 is 20.3 Å². The van der Waals surface area contributed by atoms with Crippen LogP contribution in [0.25, 0.3) is 0 Å². The molecule has 2 atom stereocenters. The van der Waals surface area contributed by atoms with E-state index in [-0.39, 0.29) is 18.5 Å². The highest BCUT2D eigenvalue weighted by molar-refractivity contribution is 5.76. The van der Waals surface area contributed by atoms with Crippen LogP contribution >= 0.6 is 0 Å². The van der Waals surface area contributed by atoms with Gasteiger partial charge in [0.15, 0.2) is 0 Å². The number of hydrogen-bond acceptors (Lipinski definition) is 5. The van der Waals surface area contributed by atoms with Gasteiger partial charge in [-0.25, -0.2) is 0 Å². The zero-order valence-electron chi connectivity index (χ0n) is 48.5. The number of rotatable bonds is 62. The van der Waals surface area contributed by atoms with Crippen LogP contribution in [0.1, 0.15) is 380 Å². The van der Waals surface area contributed by atoms with Crippen LogP contribution < -0.4 is 5.32 Å². The summed E-state index contributed by atoms with van der Waals surface area (Å²) in [5.74, 6) is -0.0153. The summed E-state index contributed by atoms with van der Waals surface area (Å²) in [5, 5.41) is 23.4. The van der Waals surface area contributed by atoms with E-state index in [0.29, 0.717) is 25.9 Å². The van der Waals surface area contributed by atoms with E-state index in [1.54, 1.807) is 0 Å². The second-order valence-electron chi connectivity index (χ2n) is 22.8. The number of nitrogens with one attached hydrogen (secondary N) is 1. The standard InChI is InChI=1S/C65H129NO5/c1-3-5-7-9-11-13-15-17-19-20-26-30-33-37-41-45-49-53-57-63(68)62(61-67)66-64(69)58-54-50-46-42-38-34-31-27-24-22-21-23-25-28-32-36-40-44-48-52-56-60-71-65(70)59-55-51-47-43-39-35-29-18-16-14-12-10-8-6-4-2/h62-63,67-68H,3-61H2,1-2H3,(H,66,69). The monoisotopic (exact) mass is 1000 g/mol. The molecular weight excluding hydrogens is 875 g/mol. The van der Waals surface area contributed by atoms with E-state index in [0.717, 1.165) is 38.5 Å². The Morgan fingerprint density at radius 3 is 0.859 bits per heavy atom. The van der Waals surface area contributed by atoms with E-state index in [1.807, 2.05) is 0 Å². The van der Waals surface area contributed by atoms with Gasteiger partial charge in [0.2, 0.25) is 5.91 Å². The van der Waals surface area contributed by atoms with Crippen LogP contribution in [0.15, 0.2) is 0 Å². The number of unbranched alkanes of at least 4 members (excludes halogenated alkanes) is 51. The van der Waals surface area contributed by atoms with Crippen LogP contribution in [0, 0.1) is 0 Å². The van der Waals surface area contributed by atoms with E-state index in [2.05, 4.69) is 19.2 Å². The van der Waals surface area contributed by atoms with Crippen molar-refractivity contribution in [1.29, 1.82) is 0 Å². The molecule has 0 fully saturated rings. The van der Waals surface area contributed by atoms with Gasteiger partial charge in [-0.05, 0) is 25.7 Å². The molecule has 0 aliphatic carbocycles. The van der Waals surface area contributed by atoms with E-state index in [9.17, 15) is 19.8 Å². The predicted octanol–water partition coefficient (Wildman–Crippen LogP) is 20.6. The lowest BCUT2D eigenvalue weighted by Crippen LogP contribution is -2.45. The van der Waals surface area contributed by atoms with Crippen molar-refractivity contribution in [2.24, 2.45) is 0 Å². The molecule has 0 saturated heterocycles. The predicted molar refractivity (Wildman–Crippen MR) is 310 cm³/mol. The molecule has 0 spiro atoms. The first-order chi connectivity index (χ1) is 35.0. The highest BCUT2D eigenvalue weighted by Gasteiger charge is 2.20. The maximum Gasteiger partial charge on any atom is 0.305 e. The second-order valence-corrected chi connectivity index (χ2v) is 22.8. The highest BCUT2D eigenvalue weighted by atomic mass is 16.5. The van der Waals surface area contributed by atoms with Crippen LogP contribution in [0.3, 0.4) is 0 Å². The highest BCUT2D eigenvalue weighted by Crippen LogP contribution is 2.19. The van der Waals surface area contributed by atoms with Crippen molar-refractivity contribution >= 4 is 11.9 Å². The maximum absolute atomic E-state index is 12.5. The van der Waals surface area contributed by atoms with Gasteiger partial charge in [-0.2, -0.15) is 0 Å². The number of aliphatic hydroxyl groups is 2. The summed E-state index contributed by atoms with van der Waals surface area (Å²) in [5.41, 5.74) is 0. The van der Waals surface area contributed by atoms with Crippen molar-refractivity contribution in [1.82, 2.24) is 5.32 Å². The molecule has 0 saturated carbocycles. The molecule has 6 heteroatoms. The van der Waals surface area contributed by atoms with Gasteiger partial charge in [-0.15, -0.1) is 0 Å². The van der Waals surface area contributed by atoms with Gasteiger partial charge in [0.25, 0.3) is 0 Å². The summed E-state index contributed by atoms with van der Waals surface area (Å²) >= 11 is 0. The Bertz CT molecular complexity index is 1020. The molecule has 0 aliphatic heterocycles. The van der Waals surface area contributed by atoms with Gasteiger partial charge in [-0.3, -0.25) is 9.59 Å². The lowest BCUT2D eigenvalue weighted by atomic mass is 10.0. The van der Waals surface area contributed by atoms with Gasteiger partial charge in [0.1, 0.15) is 0 Å². The minimum absolute atomic E-state index is 0.0162. The fourth-order valence-corrected chi connectivity index (χ4v) is 10.6. The van der Waals surface area contributed by atoms with E-state index >= 15 is 0 Å². The molecule has 0 aromatic heterocycles. The number of hydrogen-bond donors (Lipinski definition) is 3. The number of ether oxygens (including phenoxy) is 1. The normalized spacial score (nSPS) is 12.5. The average Bonchev–Trinajstić information content (AvgIpc) is 3.37. The number of carbonyl (C=O) groups excluding carboxylic acids is 2. The van der Waals surface area contributed by atoms with Gasteiger partial charge >= 0.3 is 5.97 Å². The molecule has 3 N–H and O–H groups in total. The minimum atomic E-state index is -0.664. The smallest absolute Gasteiger partial charge is 0.305 e. The Hall–Kier alpha value is -1.14. The van der Waals surface area contributed by atoms with Crippen molar-refractivity contribution < 1.29 is 24.5 Å². The molecule has 6 nitrogen and oxygen atoms in total. The third-order valence-corrected chi connectivity index (χ3v) is 15.7. The average molecular weight is 1000 g/mol. The first-order valence-corrected chi connectivity index (χ1v) is 32.8. The third kappa shape index (κ3) is 58.0. The van der Waals surface area contributed by atoms with Crippen molar-refractivity contribution in [3.05, 3.63) is 0 Å². The van der Waals surface area contributed by atoms with Crippen LogP contribution in [-0.4, -0.2) is 47.4 Å². The molecule has 0 aromatic carbocycles. The Morgan fingerprint density at radius 1 is 0.338 bits per heavy atom. The molecule has 0 rings (SSSR count). The molecule has 0 heterocycles. The fraction of sp³-hybridized carbons (Fsp3) is 0.969. The third-order valence-electron chi connectivity index (χ3n) is 15.7. The SMILES string of the molecule is CCCCCCCCCCCCCCCCCCCCC(O)C(CO)NC(=O)CCCCCCCCCCCCCCCCCCCCCCCOC(=O)CCCCCCCCCCCCCCCCC. The van der Waals surface area contributed by atoms with Crippen molar-refractivity contribution in [3.8, 4) is 0 Å². The minimum Gasteiger partial charge on any atom is -0.466 e. The number of esters is 1. The molecule has 1 amide bonds. The number of amides is 1. The van der Waals surface area contributed by atoms with E-state index < -0.39 is 12.1 Å². The van der Waals surface area contributed by atoms with Crippen LogP contribution in [0.4, 0.5) is 0 Å². The van der Waals surface area contributed by atoms with Gasteiger partial charge in [0, 0.05) is 12.8 Å². The Balaban J connectivity index is 3.36. The summed E-state index contributed by atoms with van der Waals surface area (Å²) in [6, 6.07) is -0.541. The summed E-state index contributed by atoms with van der Waals surface area (Å²) in [7, 11) is 0. The first kappa shape index (κ1) is 69.9. The number of aliphatic hydroxyl groups excluding tert-OH is 2. The lowest BCUT2D eigenvalue weighted by Gasteiger charge is -2.22. The molecule has 0 radical (unpaired) electrons.